The van der Waals surface area contributed by atoms with Crippen LogP contribution in [0.25, 0.3) is 0 Å². The van der Waals surface area contributed by atoms with Gasteiger partial charge in [-0.25, -0.2) is 9.38 Å². The molecule has 1 aliphatic rings. The summed E-state index contributed by atoms with van der Waals surface area (Å²) >= 11 is 0. The first-order chi connectivity index (χ1) is 13.6. The first kappa shape index (κ1) is 19.8. The lowest BCUT2D eigenvalue weighted by molar-refractivity contribution is 0.0975. The fraction of sp³-hybridized carbons (Fsp3) is 0.333. The van der Waals surface area contributed by atoms with Gasteiger partial charge >= 0.3 is 0 Å². The molecule has 2 aromatic rings. The van der Waals surface area contributed by atoms with Crippen molar-refractivity contribution in [2.75, 3.05) is 25.1 Å². The zero-order valence-corrected chi connectivity index (χ0v) is 15.8. The van der Waals surface area contributed by atoms with Crippen LogP contribution in [0.15, 0.2) is 53.5 Å². The summed E-state index contributed by atoms with van der Waals surface area (Å²) in [6.07, 6.45) is 2.00. The van der Waals surface area contributed by atoms with E-state index in [2.05, 4.69) is 15.6 Å². The number of guanidine groups is 1. The highest BCUT2D eigenvalue weighted by Crippen LogP contribution is 2.16. The molecule has 0 aliphatic carbocycles. The minimum Gasteiger partial charge on any atom is -0.494 e. The van der Waals surface area contributed by atoms with E-state index in [0.717, 1.165) is 30.9 Å². The second kappa shape index (κ2) is 9.85. The van der Waals surface area contributed by atoms with Gasteiger partial charge in [0, 0.05) is 17.9 Å². The van der Waals surface area contributed by atoms with Crippen LogP contribution in [0.1, 0.15) is 30.1 Å². The molecule has 0 bridgehead atoms. The number of rotatable bonds is 6. The number of halogens is 1. The van der Waals surface area contributed by atoms with Gasteiger partial charge in [-0.2, -0.15) is 0 Å². The van der Waals surface area contributed by atoms with E-state index in [4.69, 9.17) is 9.47 Å². The smallest absolute Gasteiger partial charge is 0.258 e. The number of nitrogens with zero attached hydrogens (tertiary/aromatic N) is 1. The predicted octanol–water partition coefficient (Wildman–Crippen LogP) is 3.60. The summed E-state index contributed by atoms with van der Waals surface area (Å²) in [5.41, 5.74) is 0.965. The Morgan fingerprint density at radius 2 is 2.11 bits per heavy atom. The van der Waals surface area contributed by atoms with Crippen LogP contribution in [0.2, 0.25) is 0 Å². The molecular weight excluding hydrogens is 361 g/mol. The van der Waals surface area contributed by atoms with Gasteiger partial charge in [-0.05, 0) is 62.2 Å². The number of carbonyl (C=O) groups is 1. The lowest BCUT2D eigenvalue weighted by atomic mass is 10.2. The largest absolute Gasteiger partial charge is 0.494 e. The number of aliphatic imine (C=N–C) groups is 1. The predicted molar refractivity (Wildman–Crippen MR) is 106 cm³/mol. The van der Waals surface area contributed by atoms with E-state index < -0.39 is 11.7 Å². The Labute approximate surface area is 163 Å². The fourth-order valence-electron chi connectivity index (χ4n) is 2.84. The maximum absolute atomic E-state index is 13.4. The third-order valence-corrected chi connectivity index (χ3v) is 4.22. The number of hydrogen-bond donors (Lipinski definition) is 2. The minimum absolute atomic E-state index is 0.0446. The average molecular weight is 385 g/mol. The normalized spacial score (nSPS) is 16.6. The molecule has 0 saturated carbocycles. The van der Waals surface area contributed by atoms with Crippen molar-refractivity contribution in [3.63, 3.8) is 0 Å². The second-order valence-corrected chi connectivity index (χ2v) is 6.37. The summed E-state index contributed by atoms with van der Waals surface area (Å²) in [7, 11) is 0. The van der Waals surface area contributed by atoms with Crippen molar-refractivity contribution in [1.29, 1.82) is 0 Å². The molecule has 1 aliphatic heterocycles. The standard InChI is InChI=1S/C21H24FN3O3/c1-2-27-18-10-8-17(9-11-18)24-21(23-14-19-7-4-12-28-19)25-20(26)15-5-3-6-16(22)13-15/h3,5-6,8-11,13,19H,2,4,7,12,14H2,1H3,(H2,23,24,25,26). The molecule has 0 aromatic heterocycles. The summed E-state index contributed by atoms with van der Waals surface area (Å²) in [6, 6.07) is 12.9. The number of carbonyl (C=O) groups excluding carboxylic acids is 1. The van der Waals surface area contributed by atoms with Crippen molar-refractivity contribution in [3.8, 4) is 5.75 Å². The SMILES string of the molecule is CCOc1ccc(NC(=NCC2CCCO2)NC(=O)c2cccc(F)c2)cc1. The van der Waals surface area contributed by atoms with Crippen LogP contribution in [-0.2, 0) is 4.74 Å². The molecule has 0 spiro atoms. The zero-order valence-electron chi connectivity index (χ0n) is 15.8. The first-order valence-corrected chi connectivity index (χ1v) is 9.37. The van der Waals surface area contributed by atoms with Crippen LogP contribution in [0.5, 0.6) is 5.75 Å². The summed E-state index contributed by atoms with van der Waals surface area (Å²) in [5.74, 6) is 0.137. The lowest BCUT2D eigenvalue weighted by Crippen LogP contribution is -2.36. The highest BCUT2D eigenvalue weighted by molar-refractivity contribution is 6.09. The van der Waals surface area contributed by atoms with Crippen LogP contribution in [0.3, 0.4) is 0 Å². The van der Waals surface area contributed by atoms with Crippen molar-refractivity contribution in [2.45, 2.75) is 25.9 Å². The molecule has 1 amide bonds. The number of benzene rings is 2. The number of amides is 1. The van der Waals surface area contributed by atoms with Crippen molar-refractivity contribution < 1.29 is 18.7 Å². The van der Waals surface area contributed by atoms with E-state index in [1.54, 1.807) is 6.07 Å². The molecule has 3 rings (SSSR count). The summed E-state index contributed by atoms with van der Waals surface area (Å²) in [5, 5.41) is 5.82. The summed E-state index contributed by atoms with van der Waals surface area (Å²) < 4.78 is 24.4. The molecule has 28 heavy (non-hydrogen) atoms. The van der Waals surface area contributed by atoms with Gasteiger partial charge < -0.3 is 14.8 Å². The molecule has 1 atom stereocenters. The Hall–Kier alpha value is -2.93. The maximum Gasteiger partial charge on any atom is 0.258 e. The van der Waals surface area contributed by atoms with Crippen molar-refractivity contribution in [2.24, 2.45) is 4.99 Å². The van der Waals surface area contributed by atoms with E-state index in [-0.39, 0.29) is 17.6 Å². The van der Waals surface area contributed by atoms with Crippen molar-refractivity contribution >= 4 is 17.6 Å². The van der Waals surface area contributed by atoms with Gasteiger partial charge in [0.05, 0.1) is 19.3 Å². The lowest BCUT2D eigenvalue weighted by Gasteiger charge is -2.14. The van der Waals surface area contributed by atoms with Gasteiger partial charge in [0.25, 0.3) is 5.91 Å². The van der Waals surface area contributed by atoms with E-state index in [1.807, 2.05) is 31.2 Å². The minimum atomic E-state index is -0.468. The van der Waals surface area contributed by atoms with Gasteiger partial charge in [-0.15, -0.1) is 0 Å². The maximum atomic E-state index is 13.4. The van der Waals surface area contributed by atoms with Crippen LogP contribution in [-0.4, -0.2) is 37.7 Å². The Kier molecular flexibility index (Phi) is 6.97. The molecular formula is C21H24FN3O3. The van der Waals surface area contributed by atoms with Gasteiger partial charge in [-0.1, -0.05) is 6.07 Å². The molecule has 148 valence electrons. The van der Waals surface area contributed by atoms with Crippen LogP contribution in [0.4, 0.5) is 10.1 Å². The van der Waals surface area contributed by atoms with Crippen molar-refractivity contribution in [1.82, 2.24) is 5.32 Å². The van der Waals surface area contributed by atoms with E-state index in [1.165, 1.54) is 18.2 Å². The Balaban J connectivity index is 1.72. The van der Waals surface area contributed by atoms with Gasteiger partial charge in [0.1, 0.15) is 11.6 Å². The highest BCUT2D eigenvalue weighted by Gasteiger charge is 2.16. The Morgan fingerprint density at radius 1 is 1.29 bits per heavy atom. The van der Waals surface area contributed by atoms with E-state index in [9.17, 15) is 9.18 Å². The third kappa shape index (κ3) is 5.79. The number of hydrogen-bond acceptors (Lipinski definition) is 4. The zero-order chi connectivity index (χ0) is 19.8. The van der Waals surface area contributed by atoms with Gasteiger partial charge in [-0.3, -0.25) is 10.1 Å². The quantitative estimate of drug-likeness (QED) is 0.589. The topological polar surface area (TPSA) is 71.9 Å². The Morgan fingerprint density at radius 3 is 2.79 bits per heavy atom. The van der Waals surface area contributed by atoms with Crippen LogP contribution < -0.4 is 15.4 Å². The number of ether oxygens (including phenoxy) is 2. The van der Waals surface area contributed by atoms with Crippen molar-refractivity contribution in [3.05, 3.63) is 59.9 Å². The molecule has 1 heterocycles. The molecule has 0 radical (unpaired) electrons. The molecule has 1 fully saturated rings. The third-order valence-electron chi connectivity index (χ3n) is 4.22. The van der Waals surface area contributed by atoms with Gasteiger partial charge in [0.2, 0.25) is 5.96 Å². The van der Waals surface area contributed by atoms with Gasteiger partial charge in [0.15, 0.2) is 0 Å². The van der Waals surface area contributed by atoms with Crippen LogP contribution >= 0.6 is 0 Å². The summed E-state index contributed by atoms with van der Waals surface area (Å²) in [6.45, 7) is 3.68. The number of anilines is 1. The summed E-state index contributed by atoms with van der Waals surface area (Å²) in [4.78, 5) is 17.0. The number of nitrogens with one attached hydrogen (secondary N) is 2. The molecule has 2 N–H and O–H groups in total. The first-order valence-electron chi connectivity index (χ1n) is 9.37. The molecule has 1 unspecified atom stereocenters. The highest BCUT2D eigenvalue weighted by atomic mass is 19.1. The second-order valence-electron chi connectivity index (χ2n) is 6.37. The average Bonchev–Trinajstić information content (AvgIpc) is 3.21. The molecule has 2 aromatic carbocycles. The van der Waals surface area contributed by atoms with E-state index in [0.29, 0.717) is 13.2 Å². The Bertz CT molecular complexity index is 818. The van der Waals surface area contributed by atoms with E-state index >= 15 is 0 Å². The molecule has 1 saturated heterocycles. The molecule has 6 nitrogen and oxygen atoms in total. The fourth-order valence-corrected chi connectivity index (χ4v) is 2.84. The monoisotopic (exact) mass is 385 g/mol. The van der Waals surface area contributed by atoms with Crippen LogP contribution in [0, 0.1) is 5.82 Å². The molecule has 7 heteroatoms.